The van der Waals surface area contributed by atoms with Gasteiger partial charge in [-0.3, -0.25) is 10.1 Å². The first-order valence-electron chi connectivity index (χ1n) is 2.86. The van der Waals surface area contributed by atoms with Crippen molar-refractivity contribution >= 4 is 23.9 Å². The summed E-state index contributed by atoms with van der Waals surface area (Å²) < 4.78 is 0. The normalized spacial score (nSPS) is 8.62. The number of nitro groups is 2. The summed E-state index contributed by atoms with van der Waals surface area (Å²) in [5.41, 5.74) is -0.336. The topological polar surface area (TPSA) is 99.2 Å². The van der Waals surface area contributed by atoms with E-state index in [1.165, 1.54) is 0 Å². The first kappa shape index (κ1) is 11.2. The van der Waals surface area contributed by atoms with Crippen molar-refractivity contribution in [3.8, 4) is 0 Å². The summed E-state index contributed by atoms with van der Waals surface area (Å²) in [6, 6.07) is 1.90. The van der Waals surface area contributed by atoms with E-state index in [0.29, 0.717) is 0 Å². The summed E-state index contributed by atoms with van der Waals surface area (Å²) >= 11 is 0. The fraction of sp³-hybridized carbons (Fsp3) is 0. The SMILES string of the molecule is Cl.O=[N+]([O-])c1ccnc([N+](=O)[O-])c1. The van der Waals surface area contributed by atoms with Gasteiger partial charge in [-0.1, -0.05) is 0 Å². The van der Waals surface area contributed by atoms with Gasteiger partial charge in [0, 0.05) is 0 Å². The van der Waals surface area contributed by atoms with Crippen LogP contribution in [0.3, 0.4) is 0 Å². The maximum absolute atomic E-state index is 10.1. The predicted molar refractivity (Wildman–Crippen MR) is 44.8 cm³/mol. The van der Waals surface area contributed by atoms with E-state index in [9.17, 15) is 20.2 Å². The predicted octanol–water partition coefficient (Wildman–Crippen LogP) is 1.32. The monoisotopic (exact) mass is 205 g/mol. The summed E-state index contributed by atoms with van der Waals surface area (Å²) in [4.78, 5) is 22.0. The molecule has 8 heteroatoms. The quantitative estimate of drug-likeness (QED) is 0.535. The maximum atomic E-state index is 10.1. The number of halogens is 1. The minimum absolute atomic E-state index is 0. The average molecular weight is 206 g/mol. The van der Waals surface area contributed by atoms with Gasteiger partial charge in [0.25, 0.3) is 5.69 Å². The van der Waals surface area contributed by atoms with Crippen molar-refractivity contribution in [3.63, 3.8) is 0 Å². The van der Waals surface area contributed by atoms with Crippen LogP contribution in [0.4, 0.5) is 11.5 Å². The molecule has 0 bridgehead atoms. The van der Waals surface area contributed by atoms with Crippen LogP contribution in [-0.4, -0.2) is 14.8 Å². The van der Waals surface area contributed by atoms with Gasteiger partial charge >= 0.3 is 5.82 Å². The van der Waals surface area contributed by atoms with Crippen LogP contribution in [0.1, 0.15) is 0 Å². The zero-order valence-electron chi connectivity index (χ0n) is 6.11. The number of pyridine rings is 1. The van der Waals surface area contributed by atoms with E-state index in [4.69, 9.17) is 0 Å². The largest absolute Gasteiger partial charge is 0.370 e. The van der Waals surface area contributed by atoms with E-state index < -0.39 is 15.7 Å². The lowest BCUT2D eigenvalue weighted by atomic mass is 10.4. The molecule has 0 spiro atoms. The Hall–Kier alpha value is -1.76. The molecule has 70 valence electrons. The molecule has 1 rings (SSSR count). The van der Waals surface area contributed by atoms with Crippen LogP contribution in [0.2, 0.25) is 0 Å². The van der Waals surface area contributed by atoms with Crippen LogP contribution < -0.4 is 0 Å². The van der Waals surface area contributed by atoms with Crippen LogP contribution in [0.15, 0.2) is 18.3 Å². The van der Waals surface area contributed by atoms with Gasteiger partial charge in [-0.05, 0) is 9.91 Å². The molecular weight excluding hydrogens is 202 g/mol. The van der Waals surface area contributed by atoms with Crippen molar-refractivity contribution in [2.24, 2.45) is 0 Å². The molecule has 1 heterocycles. The molecule has 0 amide bonds. The minimum atomic E-state index is -0.785. The van der Waals surface area contributed by atoms with Gasteiger partial charge in [0.05, 0.1) is 11.0 Å². The van der Waals surface area contributed by atoms with Crippen LogP contribution >= 0.6 is 12.4 Å². The fourth-order valence-electron chi connectivity index (χ4n) is 0.621. The fourth-order valence-corrected chi connectivity index (χ4v) is 0.621. The van der Waals surface area contributed by atoms with E-state index >= 15 is 0 Å². The van der Waals surface area contributed by atoms with Crippen LogP contribution in [0.5, 0.6) is 0 Å². The first-order valence-corrected chi connectivity index (χ1v) is 2.86. The summed E-state index contributed by atoms with van der Waals surface area (Å²) in [7, 11) is 0. The number of aromatic nitrogens is 1. The number of hydrogen-bond donors (Lipinski definition) is 0. The molecule has 0 saturated heterocycles. The van der Waals surface area contributed by atoms with Crippen molar-refractivity contribution in [1.82, 2.24) is 4.98 Å². The molecule has 1 aromatic heterocycles. The average Bonchev–Trinajstić information content (AvgIpc) is 2.04. The Kier molecular flexibility index (Phi) is 3.73. The molecule has 1 aromatic rings. The lowest BCUT2D eigenvalue weighted by Gasteiger charge is -1.90. The maximum Gasteiger partial charge on any atom is 0.370 e. The van der Waals surface area contributed by atoms with Gasteiger partial charge in [0.1, 0.15) is 12.3 Å². The smallest absolute Gasteiger partial charge is 0.358 e. The zero-order valence-corrected chi connectivity index (χ0v) is 6.93. The molecule has 0 radical (unpaired) electrons. The van der Waals surface area contributed by atoms with Gasteiger partial charge in [0.2, 0.25) is 0 Å². The van der Waals surface area contributed by atoms with Crippen molar-refractivity contribution in [1.29, 1.82) is 0 Å². The second-order valence-electron chi connectivity index (χ2n) is 1.89. The Morgan fingerprint density at radius 2 is 1.85 bits per heavy atom. The van der Waals surface area contributed by atoms with E-state index in [2.05, 4.69) is 4.98 Å². The lowest BCUT2D eigenvalue weighted by Crippen LogP contribution is -1.94. The van der Waals surface area contributed by atoms with Gasteiger partial charge in [-0.2, -0.15) is 0 Å². The highest BCUT2D eigenvalue weighted by Gasteiger charge is 2.13. The van der Waals surface area contributed by atoms with Gasteiger partial charge < -0.3 is 10.1 Å². The summed E-state index contributed by atoms with van der Waals surface area (Å²) in [6.07, 6.45) is 1.02. The second kappa shape index (κ2) is 4.31. The van der Waals surface area contributed by atoms with Crippen LogP contribution in [-0.2, 0) is 0 Å². The standard InChI is InChI=1S/C5H3N3O4.ClH/c9-7(10)4-1-2-6-5(3-4)8(11)12;/h1-3H;1H. The zero-order chi connectivity index (χ0) is 9.14. The lowest BCUT2D eigenvalue weighted by molar-refractivity contribution is -0.397. The van der Waals surface area contributed by atoms with E-state index in [1.807, 2.05) is 0 Å². The Bertz CT molecular complexity index is 313. The van der Waals surface area contributed by atoms with Crippen LogP contribution in [0.25, 0.3) is 0 Å². The molecule has 0 aromatic carbocycles. The minimum Gasteiger partial charge on any atom is -0.358 e. The van der Waals surface area contributed by atoms with E-state index in [0.717, 1.165) is 18.3 Å². The molecule has 0 aliphatic carbocycles. The summed E-state index contributed by atoms with van der Waals surface area (Å²) in [5, 5.41) is 20.2. The van der Waals surface area contributed by atoms with Gasteiger partial charge in [-0.15, -0.1) is 12.4 Å². The van der Waals surface area contributed by atoms with E-state index in [1.54, 1.807) is 0 Å². The highest BCUT2D eigenvalue weighted by atomic mass is 35.5. The van der Waals surface area contributed by atoms with Crippen molar-refractivity contribution in [2.75, 3.05) is 0 Å². The number of hydrogen-bond acceptors (Lipinski definition) is 5. The van der Waals surface area contributed by atoms with Crippen molar-refractivity contribution in [2.45, 2.75) is 0 Å². The second-order valence-corrected chi connectivity index (χ2v) is 1.89. The molecule has 0 aliphatic heterocycles. The molecule has 0 N–H and O–H groups in total. The van der Waals surface area contributed by atoms with Gasteiger partial charge in [0.15, 0.2) is 0 Å². The Morgan fingerprint density at radius 1 is 1.23 bits per heavy atom. The Morgan fingerprint density at radius 3 is 2.31 bits per heavy atom. The third-order valence-corrected chi connectivity index (χ3v) is 1.13. The summed E-state index contributed by atoms with van der Waals surface area (Å²) in [6.45, 7) is 0. The molecule has 13 heavy (non-hydrogen) atoms. The molecule has 0 fully saturated rings. The molecule has 0 unspecified atom stereocenters. The third-order valence-electron chi connectivity index (χ3n) is 1.13. The number of nitrogens with zero attached hydrogens (tertiary/aromatic N) is 3. The molecule has 7 nitrogen and oxygen atoms in total. The Balaban J connectivity index is 0.00000144. The van der Waals surface area contributed by atoms with Crippen LogP contribution in [0, 0.1) is 20.2 Å². The van der Waals surface area contributed by atoms with Crippen molar-refractivity contribution < 1.29 is 9.85 Å². The van der Waals surface area contributed by atoms with Gasteiger partial charge in [-0.25, -0.2) is 0 Å². The molecule has 0 aliphatic rings. The molecule has 0 atom stereocenters. The molecular formula is C5H4ClN3O4. The van der Waals surface area contributed by atoms with Crippen molar-refractivity contribution in [3.05, 3.63) is 38.6 Å². The van der Waals surface area contributed by atoms with E-state index in [-0.39, 0.29) is 18.1 Å². The highest BCUT2D eigenvalue weighted by Crippen LogP contribution is 2.15. The third kappa shape index (κ3) is 2.64. The summed E-state index contributed by atoms with van der Waals surface area (Å²) in [5.74, 6) is -0.524. The highest BCUT2D eigenvalue weighted by molar-refractivity contribution is 5.85. The number of rotatable bonds is 2. The molecule has 0 saturated carbocycles. The first-order chi connectivity index (χ1) is 5.61. The Labute approximate surface area is 78.1 Å².